The molecule has 2 aromatic rings. The van der Waals surface area contributed by atoms with E-state index in [9.17, 15) is 4.79 Å². The van der Waals surface area contributed by atoms with Gasteiger partial charge >= 0.3 is 0 Å². The number of aromatic amines is 1. The first kappa shape index (κ1) is 15.1. The molecule has 0 spiro atoms. The topological polar surface area (TPSA) is 98.8 Å². The lowest BCUT2D eigenvalue weighted by Gasteiger charge is -2.15. The van der Waals surface area contributed by atoms with Gasteiger partial charge in [-0.1, -0.05) is 0 Å². The van der Waals surface area contributed by atoms with Gasteiger partial charge in [0.05, 0.1) is 0 Å². The van der Waals surface area contributed by atoms with Crippen LogP contribution in [0.25, 0.3) is 0 Å². The highest BCUT2D eigenvalue weighted by atomic mass is 16.2. The third kappa shape index (κ3) is 3.09. The molecule has 2 aliphatic rings. The molecule has 1 aliphatic heterocycles. The maximum atomic E-state index is 12.2. The molecule has 1 saturated heterocycles. The normalized spacial score (nSPS) is 20.6. The van der Waals surface area contributed by atoms with E-state index in [4.69, 9.17) is 0 Å². The van der Waals surface area contributed by atoms with E-state index >= 15 is 0 Å². The summed E-state index contributed by atoms with van der Waals surface area (Å²) in [5, 5.41) is 13.6. The predicted octanol–water partition coefficient (Wildman–Crippen LogP) is 1.39. The van der Waals surface area contributed by atoms with Gasteiger partial charge in [0.15, 0.2) is 5.82 Å². The van der Waals surface area contributed by atoms with Crippen LogP contribution < -0.4 is 15.5 Å². The fourth-order valence-corrected chi connectivity index (χ4v) is 3.08. The molecule has 4 rings (SSSR count). The molecule has 126 valence electrons. The maximum absolute atomic E-state index is 12.2. The molecule has 3 N–H and O–H groups in total. The van der Waals surface area contributed by atoms with Crippen molar-refractivity contribution < 1.29 is 4.79 Å². The van der Waals surface area contributed by atoms with Crippen molar-refractivity contribution in [2.45, 2.75) is 25.2 Å². The van der Waals surface area contributed by atoms with Crippen LogP contribution in [-0.2, 0) is 4.79 Å². The van der Waals surface area contributed by atoms with E-state index < -0.39 is 0 Å². The lowest BCUT2D eigenvalue weighted by atomic mass is 10.1. The van der Waals surface area contributed by atoms with Crippen LogP contribution in [0.15, 0.2) is 18.3 Å². The molecule has 8 heteroatoms. The highest BCUT2D eigenvalue weighted by Crippen LogP contribution is 2.39. The van der Waals surface area contributed by atoms with Crippen molar-refractivity contribution in [3.8, 4) is 0 Å². The van der Waals surface area contributed by atoms with Gasteiger partial charge in [-0.3, -0.25) is 14.8 Å². The molecule has 1 amide bonds. The lowest BCUT2D eigenvalue weighted by molar-refractivity contribution is -0.117. The molecule has 8 nitrogen and oxygen atoms in total. The quantitative estimate of drug-likeness (QED) is 0.741. The first-order valence-electron chi connectivity index (χ1n) is 8.33. The summed E-state index contributed by atoms with van der Waals surface area (Å²) in [6, 6.07) is 3.80. The molecule has 1 aliphatic carbocycles. The summed E-state index contributed by atoms with van der Waals surface area (Å²) < 4.78 is 0. The Hall–Kier alpha value is -2.48. The van der Waals surface area contributed by atoms with Crippen LogP contribution in [0, 0.1) is 5.92 Å². The van der Waals surface area contributed by atoms with Crippen molar-refractivity contribution in [1.82, 2.24) is 25.5 Å². The highest BCUT2D eigenvalue weighted by Gasteiger charge is 2.31. The summed E-state index contributed by atoms with van der Waals surface area (Å²) in [4.78, 5) is 22.6. The van der Waals surface area contributed by atoms with Crippen LogP contribution in [0.2, 0.25) is 0 Å². The second-order valence-corrected chi connectivity index (χ2v) is 6.48. The third-order valence-electron chi connectivity index (χ3n) is 4.45. The summed E-state index contributed by atoms with van der Waals surface area (Å²) in [7, 11) is 1.90. The zero-order valence-electron chi connectivity index (χ0n) is 13.6. The van der Waals surface area contributed by atoms with E-state index in [-0.39, 0.29) is 5.91 Å². The minimum atomic E-state index is 0.0724. The van der Waals surface area contributed by atoms with Gasteiger partial charge in [0, 0.05) is 36.8 Å². The molecule has 2 aromatic heterocycles. The van der Waals surface area contributed by atoms with Crippen LogP contribution in [0.5, 0.6) is 0 Å². The molecule has 3 heterocycles. The number of hydrogen-bond donors (Lipinski definition) is 3. The zero-order chi connectivity index (χ0) is 16.5. The van der Waals surface area contributed by atoms with Gasteiger partial charge in [0.1, 0.15) is 5.82 Å². The standard InChI is InChI=1S/C16H21N7O/c1-17-8-10-6-15(24)23(9-10)16-18-5-4-13(20-16)19-14-7-12(21-22-14)11-2-3-11/h4-5,7,10-11,17H,2-3,6,8-9H2,1H3,(H2,18,19,20,21,22). The van der Waals surface area contributed by atoms with E-state index in [1.807, 2.05) is 13.1 Å². The minimum absolute atomic E-state index is 0.0724. The Bertz CT molecular complexity index is 740. The summed E-state index contributed by atoms with van der Waals surface area (Å²) >= 11 is 0. The second-order valence-electron chi connectivity index (χ2n) is 6.48. The molecule has 24 heavy (non-hydrogen) atoms. The number of hydrogen-bond acceptors (Lipinski definition) is 6. The summed E-state index contributed by atoms with van der Waals surface area (Å²) in [6.45, 7) is 1.47. The molecular formula is C16H21N7O. The van der Waals surface area contributed by atoms with Crippen molar-refractivity contribution in [3.05, 3.63) is 24.0 Å². The van der Waals surface area contributed by atoms with Gasteiger partial charge in [-0.05, 0) is 38.4 Å². The highest BCUT2D eigenvalue weighted by molar-refractivity contribution is 5.94. The predicted molar refractivity (Wildman–Crippen MR) is 90.3 cm³/mol. The smallest absolute Gasteiger partial charge is 0.234 e. The third-order valence-corrected chi connectivity index (χ3v) is 4.45. The van der Waals surface area contributed by atoms with E-state index in [1.165, 1.54) is 12.8 Å². The molecule has 0 bridgehead atoms. The van der Waals surface area contributed by atoms with E-state index in [0.29, 0.717) is 36.6 Å². The van der Waals surface area contributed by atoms with E-state index in [1.54, 1.807) is 17.2 Å². The van der Waals surface area contributed by atoms with Gasteiger partial charge in [-0.15, -0.1) is 0 Å². The van der Waals surface area contributed by atoms with Crippen LogP contribution in [-0.4, -0.2) is 46.2 Å². The SMILES string of the molecule is CNCC1CC(=O)N(c2nccc(Nc3cc(C4CC4)[nH]n3)n2)C1. The Morgan fingerprint density at radius 3 is 3.04 bits per heavy atom. The lowest BCUT2D eigenvalue weighted by Crippen LogP contribution is -2.28. The number of nitrogens with zero attached hydrogens (tertiary/aromatic N) is 4. The number of carbonyl (C=O) groups is 1. The minimum Gasteiger partial charge on any atom is -0.323 e. The summed E-state index contributed by atoms with van der Waals surface area (Å²) in [5.74, 6) is 2.82. The van der Waals surface area contributed by atoms with E-state index in [2.05, 4.69) is 30.8 Å². The monoisotopic (exact) mass is 327 g/mol. The number of aromatic nitrogens is 4. The Kier molecular flexibility index (Phi) is 3.89. The van der Waals surface area contributed by atoms with Gasteiger partial charge in [0.25, 0.3) is 0 Å². The van der Waals surface area contributed by atoms with E-state index in [0.717, 1.165) is 18.1 Å². The van der Waals surface area contributed by atoms with Crippen molar-refractivity contribution >= 4 is 23.5 Å². The maximum Gasteiger partial charge on any atom is 0.234 e. The second kappa shape index (κ2) is 6.20. The molecule has 2 fully saturated rings. The molecular weight excluding hydrogens is 306 g/mol. The van der Waals surface area contributed by atoms with Crippen molar-refractivity contribution in [3.63, 3.8) is 0 Å². The van der Waals surface area contributed by atoms with Crippen LogP contribution in [0.4, 0.5) is 17.6 Å². The first-order valence-corrected chi connectivity index (χ1v) is 8.33. The van der Waals surface area contributed by atoms with Crippen molar-refractivity contribution in [1.29, 1.82) is 0 Å². The average Bonchev–Trinajstić information content (AvgIpc) is 3.22. The Morgan fingerprint density at radius 1 is 1.38 bits per heavy atom. The molecule has 0 radical (unpaired) electrons. The van der Waals surface area contributed by atoms with Gasteiger partial charge in [-0.2, -0.15) is 10.1 Å². The number of anilines is 3. The Balaban J connectivity index is 1.47. The Labute approximate surface area is 140 Å². The van der Waals surface area contributed by atoms with Gasteiger partial charge in [0.2, 0.25) is 11.9 Å². The van der Waals surface area contributed by atoms with Crippen LogP contribution >= 0.6 is 0 Å². The number of rotatable bonds is 6. The van der Waals surface area contributed by atoms with Gasteiger partial charge < -0.3 is 10.6 Å². The number of carbonyl (C=O) groups excluding carboxylic acids is 1. The number of nitrogens with one attached hydrogen (secondary N) is 3. The molecule has 0 aromatic carbocycles. The fourth-order valence-electron chi connectivity index (χ4n) is 3.08. The molecule has 1 saturated carbocycles. The number of amides is 1. The Morgan fingerprint density at radius 2 is 2.25 bits per heavy atom. The number of H-pyrrole nitrogens is 1. The molecule has 1 atom stereocenters. The van der Waals surface area contributed by atoms with Crippen molar-refractivity contribution in [2.24, 2.45) is 5.92 Å². The fraction of sp³-hybridized carbons (Fsp3) is 0.500. The zero-order valence-corrected chi connectivity index (χ0v) is 13.6. The summed E-state index contributed by atoms with van der Waals surface area (Å²) in [6.07, 6.45) is 4.65. The molecule has 1 unspecified atom stereocenters. The van der Waals surface area contributed by atoms with Crippen LogP contribution in [0.1, 0.15) is 30.9 Å². The largest absolute Gasteiger partial charge is 0.323 e. The van der Waals surface area contributed by atoms with Crippen molar-refractivity contribution in [2.75, 3.05) is 30.4 Å². The van der Waals surface area contributed by atoms with Crippen LogP contribution in [0.3, 0.4) is 0 Å². The van der Waals surface area contributed by atoms with Gasteiger partial charge in [-0.25, -0.2) is 4.98 Å². The average molecular weight is 327 g/mol. The first-order chi connectivity index (χ1) is 11.7. The summed E-state index contributed by atoms with van der Waals surface area (Å²) in [5.41, 5.74) is 1.16.